The Morgan fingerprint density at radius 2 is 1.68 bits per heavy atom. The number of unbranched alkanes of at least 4 members (excludes halogenated alkanes) is 1. The smallest absolute Gasteiger partial charge is 0.264 e. The van der Waals surface area contributed by atoms with Gasteiger partial charge in [0, 0.05) is 18.1 Å². The van der Waals surface area contributed by atoms with Gasteiger partial charge in [0.2, 0.25) is 11.8 Å². The van der Waals surface area contributed by atoms with Gasteiger partial charge in [-0.3, -0.25) is 13.9 Å². The minimum absolute atomic E-state index is 0.00404. The monoisotopic (exact) mass is 599 g/mol. The van der Waals surface area contributed by atoms with E-state index in [1.54, 1.807) is 36.4 Å². The van der Waals surface area contributed by atoms with Gasteiger partial charge in [0.1, 0.15) is 18.3 Å². The molecule has 8 nitrogen and oxygen atoms in total. The number of hydrogen-bond acceptors (Lipinski definition) is 5. The molecule has 0 saturated heterocycles. The van der Waals surface area contributed by atoms with E-state index in [9.17, 15) is 18.0 Å². The number of carbonyl (C=O) groups excluding carboxylic acids is 2. The third kappa shape index (κ3) is 8.47. The summed E-state index contributed by atoms with van der Waals surface area (Å²) in [5.74, 6) is -0.267. The van der Waals surface area contributed by atoms with Gasteiger partial charge >= 0.3 is 0 Å². The summed E-state index contributed by atoms with van der Waals surface area (Å²) >= 11 is 6.09. The van der Waals surface area contributed by atoms with Crippen LogP contribution < -0.4 is 14.4 Å². The normalized spacial score (nSPS) is 11.9. The number of ether oxygens (including phenoxy) is 1. The number of amides is 2. The van der Waals surface area contributed by atoms with Crippen LogP contribution in [0.15, 0.2) is 77.7 Å². The number of anilines is 1. The predicted molar refractivity (Wildman–Crippen MR) is 163 cm³/mol. The molecule has 0 fully saturated rings. The van der Waals surface area contributed by atoms with Gasteiger partial charge < -0.3 is 15.0 Å². The highest BCUT2D eigenvalue weighted by Crippen LogP contribution is 2.27. The first-order valence-electron chi connectivity index (χ1n) is 13.7. The van der Waals surface area contributed by atoms with E-state index in [0.717, 1.165) is 28.3 Å². The molecule has 0 aliphatic heterocycles. The number of hydrogen-bond donors (Lipinski definition) is 1. The molecule has 0 spiro atoms. The molecule has 1 atom stereocenters. The predicted octanol–water partition coefficient (Wildman–Crippen LogP) is 5.58. The lowest BCUT2D eigenvalue weighted by molar-refractivity contribution is -0.140. The molecule has 0 radical (unpaired) electrons. The fourth-order valence-electron chi connectivity index (χ4n) is 4.44. The van der Waals surface area contributed by atoms with Crippen LogP contribution in [-0.2, 0) is 26.2 Å². The Kier molecular flexibility index (Phi) is 11.6. The van der Waals surface area contributed by atoms with Gasteiger partial charge in [-0.25, -0.2) is 8.42 Å². The minimum atomic E-state index is -4.18. The van der Waals surface area contributed by atoms with Crippen LogP contribution in [0.3, 0.4) is 0 Å². The summed E-state index contributed by atoms with van der Waals surface area (Å²) in [6.07, 6.45) is 2.10. The highest BCUT2D eigenvalue weighted by molar-refractivity contribution is 7.92. The number of carbonyl (C=O) groups is 2. The number of rotatable bonds is 14. The second-order valence-electron chi connectivity index (χ2n) is 9.74. The van der Waals surface area contributed by atoms with Gasteiger partial charge in [0.25, 0.3) is 10.0 Å². The molecule has 0 aliphatic carbocycles. The van der Waals surface area contributed by atoms with E-state index in [2.05, 4.69) is 5.32 Å². The van der Waals surface area contributed by atoms with E-state index in [-0.39, 0.29) is 23.0 Å². The number of nitrogens with one attached hydrogen (secondary N) is 1. The van der Waals surface area contributed by atoms with E-state index >= 15 is 0 Å². The van der Waals surface area contributed by atoms with Gasteiger partial charge in [-0.2, -0.15) is 0 Å². The van der Waals surface area contributed by atoms with Crippen molar-refractivity contribution in [2.24, 2.45) is 0 Å². The first-order chi connectivity index (χ1) is 19.6. The fourth-order valence-corrected chi connectivity index (χ4v) is 5.98. The van der Waals surface area contributed by atoms with E-state index in [4.69, 9.17) is 16.3 Å². The quantitative estimate of drug-likeness (QED) is 0.244. The average Bonchev–Trinajstić information content (AvgIpc) is 2.96. The molecular weight excluding hydrogens is 562 g/mol. The van der Waals surface area contributed by atoms with Crippen LogP contribution in [0.1, 0.15) is 44.2 Å². The van der Waals surface area contributed by atoms with Gasteiger partial charge in [0.15, 0.2) is 0 Å². The van der Waals surface area contributed by atoms with Crippen molar-refractivity contribution in [2.75, 3.05) is 24.5 Å². The zero-order chi connectivity index (χ0) is 30.0. The van der Waals surface area contributed by atoms with Crippen molar-refractivity contribution in [3.63, 3.8) is 0 Å². The molecule has 2 amide bonds. The Hall–Kier alpha value is -3.56. The molecule has 1 N–H and O–H groups in total. The summed E-state index contributed by atoms with van der Waals surface area (Å²) in [6.45, 7) is 5.96. The molecule has 0 aliphatic rings. The fraction of sp³-hybridized carbons (Fsp3) is 0.355. The van der Waals surface area contributed by atoms with Gasteiger partial charge in [-0.15, -0.1) is 0 Å². The summed E-state index contributed by atoms with van der Waals surface area (Å²) in [5.41, 5.74) is 2.13. The molecule has 3 aromatic rings. The van der Waals surface area contributed by atoms with E-state index in [1.165, 1.54) is 24.1 Å². The highest BCUT2D eigenvalue weighted by Gasteiger charge is 2.33. The second-order valence-corrected chi connectivity index (χ2v) is 12.0. The maximum absolute atomic E-state index is 14.1. The molecule has 1 unspecified atom stereocenters. The Morgan fingerprint density at radius 1 is 1.00 bits per heavy atom. The summed E-state index contributed by atoms with van der Waals surface area (Å²) in [4.78, 5) is 28.8. The molecule has 0 aromatic heterocycles. The largest absolute Gasteiger partial charge is 0.497 e. The number of halogens is 1. The first kappa shape index (κ1) is 32.0. The van der Waals surface area contributed by atoms with Crippen LogP contribution in [0.4, 0.5) is 5.69 Å². The Morgan fingerprint density at radius 3 is 2.27 bits per heavy atom. The summed E-state index contributed by atoms with van der Waals surface area (Å²) < 4.78 is 34.1. The zero-order valence-corrected chi connectivity index (χ0v) is 25.5. The number of benzene rings is 3. The summed E-state index contributed by atoms with van der Waals surface area (Å²) in [7, 11) is -2.69. The molecular formula is C31H38ClN3O5S. The van der Waals surface area contributed by atoms with Gasteiger partial charge in [-0.05, 0) is 73.9 Å². The number of methoxy groups -OCH3 is 1. The Labute approximate surface area is 248 Å². The van der Waals surface area contributed by atoms with Crippen molar-refractivity contribution in [1.29, 1.82) is 0 Å². The maximum Gasteiger partial charge on any atom is 0.264 e. The van der Waals surface area contributed by atoms with Crippen molar-refractivity contribution in [2.45, 2.75) is 57.5 Å². The van der Waals surface area contributed by atoms with Crippen molar-refractivity contribution < 1.29 is 22.7 Å². The number of aryl methyl sites for hydroxylation is 1. The van der Waals surface area contributed by atoms with Gasteiger partial charge in [-0.1, -0.05) is 61.7 Å². The van der Waals surface area contributed by atoms with E-state index in [0.29, 0.717) is 23.7 Å². The van der Waals surface area contributed by atoms with Crippen LogP contribution in [0, 0.1) is 6.92 Å². The topological polar surface area (TPSA) is 96.0 Å². The molecule has 0 heterocycles. The first-order valence-corrected chi connectivity index (χ1v) is 15.5. The molecule has 0 bridgehead atoms. The third-order valence-electron chi connectivity index (χ3n) is 6.69. The summed E-state index contributed by atoms with van der Waals surface area (Å²) in [6, 6.07) is 19.1. The van der Waals surface area contributed by atoms with Crippen LogP contribution in [0.25, 0.3) is 0 Å². The second kappa shape index (κ2) is 14.9. The molecule has 3 aromatic carbocycles. The third-order valence-corrected chi connectivity index (χ3v) is 8.73. The SMILES string of the molecule is CCCCNC(=O)C(CC)N(Cc1cccc(C)c1)C(=O)CN(c1ccc(Cl)cc1)S(=O)(=O)c1ccc(OC)cc1. The number of sulfonamides is 1. The van der Waals surface area contributed by atoms with E-state index < -0.39 is 28.5 Å². The van der Waals surface area contributed by atoms with Crippen LogP contribution in [0.5, 0.6) is 5.75 Å². The maximum atomic E-state index is 14.1. The van der Waals surface area contributed by atoms with Crippen molar-refractivity contribution >= 4 is 39.1 Å². The van der Waals surface area contributed by atoms with Crippen LogP contribution >= 0.6 is 11.6 Å². The lowest BCUT2D eigenvalue weighted by atomic mass is 10.1. The molecule has 3 rings (SSSR count). The lowest BCUT2D eigenvalue weighted by Gasteiger charge is -2.33. The van der Waals surface area contributed by atoms with Crippen molar-refractivity contribution in [3.05, 3.63) is 88.9 Å². The highest BCUT2D eigenvalue weighted by atomic mass is 35.5. The lowest BCUT2D eigenvalue weighted by Crippen LogP contribution is -2.52. The number of nitrogens with zero attached hydrogens (tertiary/aromatic N) is 2. The van der Waals surface area contributed by atoms with E-state index in [1.807, 2.05) is 45.0 Å². The minimum Gasteiger partial charge on any atom is -0.497 e. The molecule has 220 valence electrons. The van der Waals surface area contributed by atoms with Crippen molar-refractivity contribution in [1.82, 2.24) is 10.2 Å². The Balaban J connectivity index is 2.03. The molecule has 41 heavy (non-hydrogen) atoms. The van der Waals surface area contributed by atoms with Crippen LogP contribution in [-0.4, -0.2) is 51.4 Å². The molecule has 0 saturated carbocycles. The van der Waals surface area contributed by atoms with Crippen LogP contribution in [0.2, 0.25) is 5.02 Å². The molecule has 10 heteroatoms. The van der Waals surface area contributed by atoms with Gasteiger partial charge in [0.05, 0.1) is 17.7 Å². The zero-order valence-electron chi connectivity index (χ0n) is 24.0. The standard InChI is InChI=1S/C31H38ClN3O5S/c1-5-7-19-33-31(37)29(6-2)34(21-24-10-8-9-23(3)20-24)30(36)22-35(26-13-11-25(32)12-14-26)41(38,39)28-17-15-27(40-4)16-18-28/h8-18,20,29H,5-7,19,21-22H2,1-4H3,(H,33,37). The van der Waals surface area contributed by atoms with Crippen molar-refractivity contribution in [3.8, 4) is 5.75 Å². The Bertz CT molecular complexity index is 1410. The average molecular weight is 600 g/mol. The summed E-state index contributed by atoms with van der Waals surface area (Å²) in [5, 5.41) is 3.36.